The van der Waals surface area contributed by atoms with E-state index in [1.807, 2.05) is 0 Å². The summed E-state index contributed by atoms with van der Waals surface area (Å²) >= 11 is 9.03. The summed E-state index contributed by atoms with van der Waals surface area (Å²) in [5, 5.41) is 2.05. The van der Waals surface area contributed by atoms with E-state index < -0.39 is 5.97 Å². The fourth-order valence-electron chi connectivity index (χ4n) is 2.97. The first-order chi connectivity index (χ1) is 12.6. The Morgan fingerprint density at radius 3 is 2.65 bits per heavy atom. The highest BCUT2D eigenvalue weighted by Gasteiger charge is 2.25. The number of nitrogens with zero attached hydrogens (tertiary/aromatic N) is 5. The lowest BCUT2D eigenvalue weighted by molar-refractivity contribution is 0.0606. The van der Waals surface area contributed by atoms with Crippen molar-refractivity contribution in [1.29, 1.82) is 0 Å². The molecule has 4 rings (SSSR count). The molecule has 3 aromatic heterocycles. The average molecular weight is 410 g/mol. The highest BCUT2D eigenvalue weighted by atomic mass is 35.5. The summed E-state index contributed by atoms with van der Waals surface area (Å²) in [5.74, 6) is 0.528. The van der Waals surface area contributed by atoms with Crippen LogP contribution in [0.1, 0.15) is 14.5 Å². The van der Waals surface area contributed by atoms with Crippen LogP contribution in [0.25, 0.3) is 10.2 Å². The first kappa shape index (κ1) is 17.4. The average Bonchev–Trinajstić information content (AvgIpc) is 3.22. The molecule has 0 spiro atoms. The van der Waals surface area contributed by atoms with Gasteiger partial charge in [0.1, 0.15) is 17.0 Å². The zero-order valence-electron chi connectivity index (χ0n) is 14.2. The number of hydrogen-bond acceptors (Lipinski definition) is 9. The molecule has 1 fully saturated rings. The molecule has 0 bridgehead atoms. The number of anilines is 2. The van der Waals surface area contributed by atoms with Crippen molar-refractivity contribution in [2.75, 3.05) is 43.1 Å². The van der Waals surface area contributed by atoms with Crippen LogP contribution in [-0.4, -0.2) is 54.2 Å². The third-order valence-corrected chi connectivity index (χ3v) is 6.67. The lowest BCUT2D eigenvalue weighted by Crippen LogP contribution is -2.46. The molecule has 0 saturated carbocycles. The van der Waals surface area contributed by atoms with Crippen LogP contribution in [0, 0.1) is 6.92 Å². The van der Waals surface area contributed by atoms with Crippen molar-refractivity contribution in [1.82, 2.24) is 15.0 Å². The molecule has 0 atom stereocenters. The Labute approximate surface area is 163 Å². The number of hydrogen-bond donors (Lipinski definition) is 0. The Morgan fingerprint density at radius 1 is 1.19 bits per heavy atom. The summed E-state index contributed by atoms with van der Waals surface area (Å²) in [6.07, 6.45) is 1.63. The first-order valence-electron chi connectivity index (χ1n) is 8.02. The number of piperazine rings is 1. The number of rotatable bonds is 3. The van der Waals surface area contributed by atoms with E-state index in [2.05, 4.69) is 37.7 Å². The minimum atomic E-state index is -0.450. The van der Waals surface area contributed by atoms with Gasteiger partial charge in [0.15, 0.2) is 15.2 Å². The van der Waals surface area contributed by atoms with Gasteiger partial charge in [-0.3, -0.25) is 0 Å². The zero-order valence-corrected chi connectivity index (χ0v) is 16.6. The van der Waals surface area contributed by atoms with Crippen molar-refractivity contribution >= 4 is 61.4 Å². The fraction of sp³-hybridized carbons (Fsp3) is 0.375. The van der Waals surface area contributed by atoms with Gasteiger partial charge in [-0.1, -0.05) is 22.9 Å². The number of fused-ring (bicyclic) bond motifs is 1. The molecule has 0 aromatic carbocycles. The van der Waals surface area contributed by atoms with Crippen LogP contribution in [0.4, 0.5) is 10.9 Å². The molecule has 3 aromatic rings. The largest absolute Gasteiger partial charge is 0.465 e. The van der Waals surface area contributed by atoms with Crippen LogP contribution in [0.2, 0.25) is 5.15 Å². The topological polar surface area (TPSA) is 71.5 Å². The second kappa shape index (κ2) is 6.98. The number of thiazole rings is 1. The highest BCUT2D eigenvalue weighted by molar-refractivity contribution is 7.18. The van der Waals surface area contributed by atoms with Crippen molar-refractivity contribution < 1.29 is 9.53 Å². The van der Waals surface area contributed by atoms with Gasteiger partial charge in [0.05, 0.1) is 12.5 Å². The molecule has 0 radical (unpaired) electrons. The van der Waals surface area contributed by atoms with Crippen molar-refractivity contribution in [2.24, 2.45) is 0 Å². The van der Waals surface area contributed by atoms with Gasteiger partial charge < -0.3 is 14.5 Å². The third-order valence-electron chi connectivity index (χ3n) is 4.23. The number of thiophene rings is 1. The monoisotopic (exact) mass is 409 g/mol. The highest BCUT2D eigenvalue weighted by Crippen LogP contribution is 2.33. The van der Waals surface area contributed by atoms with Gasteiger partial charge in [0.2, 0.25) is 0 Å². The summed E-state index contributed by atoms with van der Waals surface area (Å²) < 4.78 is 4.74. The summed E-state index contributed by atoms with van der Waals surface area (Å²) in [7, 11) is 1.34. The number of ether oxygens (including phenoxy) is 1. The van der Waals surface area contributed by atoms with Crippen LogP contribution in [0.15, 0.2) is 12.4 Å². The van der Waals surface area contributed by atoms with Gasteiger partial charge in [0.25, 0.3) is 0 Å². The van der Waals surface area contributed by atoms with Gasteiger partial charge in [-0.2, -0.15) is 0 Å². The summed E-state index contributed by atoms with van der Waals surface area (Å²) in [6.45, 7) is 5.26. The minimum Gasteiger partial charge on any atom is -0.465 e. The lowest BCUT2D eigenvalue weighted by Gasteiger charge is -2.35. The van der Waals surface area contributed by atoms with Crippen LogP contribution < -0.4 is 9.80 Å². The number of carbonyl (C=O) groups is 1. The number of aryl methyl sites for hydroxylation is 1. The Kier molecular flexibility index (Phi) is 4.68. The number of halogens is 1. The normalized spacial score (nSPS) is 14.9. The maximum atomic E-state index is 11.7. The molecule has 136 valence electrons. The van der Waals surface area contributed by atoms with Crippen molar-refractivity contribution in [3.63, 3.8) is 0 Å². The van der Waals surface area contributed by atoms with Crippen LogP contribution >= 0.6 is 34.3 Å². The van der Waals surface area contributed by atoms with Gasteiger partial charge in [0, 0.05) is 31.1 Å². The van der Waals surface area contributed by atoms with E-state index in [-0.39, 0.29) is 5.15 Å². The van der Waals surface area contributed by atoms with E-state index in [9.17, 15) is 4.79 Å². The van der Waals surface area contributed by atoms with E-state index in [0.29, 0.717) is 4.88 Å². The van der Waals surface area contributed by atoms with Gasteiger partial charge in [-0.15, -0.1) is 11.3 Å². The molecule has 0 amide bonds. The zero-order chi connectivity index (χ0) is 18.3. The Bertz CT molecular complexity index is 965. The number of esters is 1. The van der Waals surface area contributed by atoms with Crippen LogP contribution in [0.5, 0.6) is 0 Å². The predicted molar refractivity (Wildman–Crippen MR) is 105 cm³/mol. The Morgan fingerprint density at radius 2 is 1.92 bits per heavy atom. The van der Waals surface area contributed by atoms with E-state index in [0.717, 1.165) is 47.3 Å². The first-order valence-corrected chi connectivity index (χ1v) is 10.0. The van der Waals surface area contributed by atoms with Crippen molar-refractivity contribution in [3.8, 4) is 0 Å². The molecule has 1 saturated heterocycles. The number of aromatic nitrogens is 3. The maximum Gasteiger partial charge on any atom is 0.351 e. The molecule has 7 nitrogen and oxygen atoms in total. The van der Waals surface area contributed by atoms with Gasteiger partial charge >= 0.3 is 5.97 Å². The molecule has 10 heteroatoms. The SMILES string of the molecule is COC(=O)c1sc(N2CCN(c3ncnc4sc(C)cc34)CC2)nc1Cl. The molecule has 0 unspecified atom stereocenters. The van der Waals surface area contributed by atoms with Gasteiger partial charge in [-0.25, -0.2) is 19.7 Å². The predicted octanol–water partition coefficient (Wildman–Crippen LogP) is 3.22. The molecule has 1 aliphatic rings. The summed E-state index contributed by atoms with van der Waals surface area (Å²) in [5.41, 5.74) is 0. The van der Waals surface area contributed by atoms with Crippen molar-refractivity contribution in [2.45, 2.75) is 6.92 Å². The lowest BCUT2D eigenvalue weighted by atomic mass is 10.2. The minimum absolute atomic E-state index is 0.200. The van der Waals surface area contributed by atoms with E-state index >= 15 is 0 Å². The molecule has 1 aliphatic heterocycles. The van der Waals surface area contributed by atoms with Gasteiger partial charge in [-0.05, 0) is 13.0 Å². The van der Waals surface area contributed by atoms with Crippen LogP contribution in [-0.2, 0) is 4.74 Å². The summed E-state index contributed by atoms with van der Waals surface area (Å²) in [4.78, 5) is 31.9. The second-order valence-electron chi connectivity index (χ2n) is 5.86. The second-order valence-corrected chi connectivity index (χ2v) is 8.43. The number of methoxy groups -OCH3 is 1. The van der Waals surface area contributed by atoms with Crippen molar-refractivity contribution in [3.05, 3.63) is 27.3 Å². The molecule has 26 heavy (non-hydrogen) atoms. The molecule has 4 heterocycles. The quantitative estimate of drug-likeness (QED) is 0.615. The summed E-state index contributed by atoms with van der Waals surface area (Å²) in [6, 6.07) is 2.14. The smallest absolute Gasteiger partial charge is 0.351 e. The third kappa shape index (κ3) is 3.10. The molecular formula is C16H16ClN5O2S2. The van der Waals surface area contributed by atoms with E-state index in [1.165, 1.54) is 23.3 Å². The molecule has 0 aliphatic carbocycles. The van der Waals surface area contributed by atoms with Crippen LogP contribution in [0.3, 0.4) is 0 Å². The van der Waals surface area contributed by atoms with E-state index in [1.54, 1.807) is 17.7 Å². The molecular weight excluding hydrogens is 394 g/mol. The standard InChI is InChI=1S/C16H16ClN5O2S2/c1-9-7-10-13(18-8-19-14(10)25-9)21-3-5-22(6-4-21)16-20-12(17)11(26-16)15(23)24-2/h7-8H,3-6H2,1-2H3. The maximum absolute atomic E-state index is 11.7. The Balaban J connectivity index is 1.51. The fourth-order valence-corrected chi connectivity index (χ4v) is 5.06. The van der Waals surface area contributed by atoms with E-state index in [4.69, 9.17) is 16.3 Å². The molecule has 0 N–H and O–H groups in total. The Hall–Kier alpha value is -1.97. The number of carbonyl (C=O) groups excluding carboxylic acids is 1.